The van der Waals surface area contributed by atoms with Gasteiger partial charge in [-0.3, -0.25) is 4.79 Å². The number of hydrogen-bond donors (Lipinski definition) is 0. The van der Waals surface area contributed by atoms with Crippen molar-refractivity contribution < 1.29 is 9.32 Å². The Kier molecular flexibility index (Phi) is 4.70. The molecule has 0 aliphatic carbocycles. The van der Waals surface area contributed by atoms with Crippen LogP contribution in [-0.4, -0.2) is 5.97 Å². The quantitative estimate of drug-likeness (QED) is 0.570. The number of carbonyl (C=O) groups is 1. The van der Waals surface area contributed by atoms with Gasteiger partial charge >= 0.3 is 5.97 Å². The lowest BCUT2D eigenvalue weighted by molar-refractivity contribution is -0.137. The Bertz CT molecular complexity index is 89.1. The summed E-state index contributed by atoms with van der Waals surface area (Å²) in [5, 5.41) is 0. The van der Waals surface area contributed by atoms with Gasteiger partial charge in [0.05, 0.1) is 15.4 Å². The van der Waals surface area contributed by atoms with Crippen LogP contribution in [0.2, 0.25) is 0 Å². The molecule has 0 aliphatic rings. The van der Waals surface area contributed by atoms with Gasteiger partial charge in [0.25, 0.3) is 0 Å². The maximum Gasteiger partial charge on any atom is 0.311 e. The smallest absolute Gasteiger partial charge is 0.311 e. The van der Waals surface area contributed by atoms with Crippen molar-refractivity contribution in [3.8, 4) is 0 Å². The van der Waals surface area contributed by atoms with Crippen LogP contribution in [0.3, 0.4) is 0 Å². The Balaban J connectivity index is 3.64. The zero-order valence-corrected chi connectivity index (χ0v) is 7.04. The van der Waals surface area contributed by atoms with Crippen LogP contribution in [0, 0.1) is 5.92 Å². The molecule has 1 unspecified atom stereocenters. The van der Waals surface area contributed by atoms with Crippen LogP contribution in [0.1, 0.15) is 26.7 Å². The summed E-state index contributed by atoms with van der Waals surface area (Å²) in [7, 11) is 1.97. The SMILES string of the molecule is CCC(CC)C(=O)OP. The van der Waals surface area contributed by atoms with Crippen molar-refractivity contribution in [2.45, 2.75) is 26.7 Å². The minimum absolute atomic E-state index is 0.0856. The molecule has 0 aromatic rings. The molecule has 0 saturated heterocycles. The molecule has 54 valence electrons. The molecule has 0 aromatic carbocycles. The summed E-state index contributed by atoms with van der Waals surface area (Å²) in [6.45, 7) is 3.96. The first-order valence-corrected chi connectivity index (χ1v) is 3.63. The molecule has 0 heterocycles. The Labute approximate surface area is 58.3 Å². The highest BCUT2D eigenvalue weighted by molar-refractivity contribution is 7.10. The van der Waals surface area contributed by atoms with E-state index in [4.69, 9.17) is 0 Å². The summed E-state index contributed by atoms with van der Waals surface area (Å²) in [6.07, 6.45) is 1.73. The van der Waals surface area contributed by atoms with E-state index in [1.54, 1.807) is 0 Å². The second kappa shape index (κ2) is 4.75. The maximum atomic E-state index is 10.7. The molecule has 0 N–H and O–H groups in total. The van der Waals surface area contributed by atoms with E-state index in [1.165, 1.54) is 0 Å². The molecule has 1 atom stereocenters. The monoisotopic (exact) mass is 148 g/mol. The Hall–Kier alpha value is -0.100. The van der Waals surface area contributed by atoms with Crippen LogP contribution in [-0.2, 0) is 9.32 Å². The van der Waals surface area contributed by atoms with Crippen molar-refractivity contribution in [2.75, 3.05) is 0 Å². The van der Waals surface area contributed by atoms with Gasteiger partial charge in [-0.25, -0.2) is 0 Å². The summed E-state index contributed by atoms with van der Waals surface area (Å²) in [5.41, 5.74) is 0. The average molecular weight is 148 g/mol. The topological polar surface area (TPSA) is 26.3 Å². The van der Waals surface area contributed by atoms with Gasteiger partial charge in [0, 0.05) is 0 Å². The molecule has 2 nitrogen and oxygen atoms in total. The van der Waals surface area contributed by atoms with E-state index in [2.05, 4.69) is 4.52 Å². The molecule has 9 heavy (non-hydrogen) atoms. The maximum absolute atomic E-state index is 10.7. The molecule has 0 rings (SSSR count). The van der Waals surface area contributed by atoms with Gasteiger partial charge in [-0.15, -0.1) is 0 Å². The number of hydrogen-bond acceptors (Lipinski definition) is 2. The fourth-order valence-corrected chi connectivity index (χ4v) is 0.911. The summed E-state index contributed by atoms with van der Waals surface area (Å²) in [4.78, 5) is 10.7. The molecule has 0 saturated carbocycles. The first kappa shape index (κ1) is 8.90. The van der Waals surface area contributed by atoms with Crippen molar-refractivity contribution in [3.05, 3.63) is 0 Å². The van der Waals surface area contributed by atoms with Crippen molar-refractivity contribution in [1.82, 2.24) is 0 Å². The van der Waals surface area contributed by atoms with Crippen molar-refractivity contribution >= 4 is 15.4 Å². The fraction of sp³-hybridized carbons (Fsp3) is 0.833. The van der Waals surface area contributed by atoms with Crippen LogP contribution in [0.25, 0.3) is 0 Å². The van der Waals surface area contributed by atoms with Gasteiger partial charge < -0.3 is 4.52 Å². The van der Waals surface area contributed by atoms with Crippen LogP contribution in [0.4, 0.5) is 0 Å². The highest BCUT2D eigenvalue weighted by atomic mass is 31.0. The lowest BCUT2D eigenvalue weighted by Crippen LogP contribution is -2.11. The highest BCUT2D eigenvalue weighted by Gasteiger charge is 2.12. The second-order valence-electron chi connectivity index (χ2n) is 1.95. The Morgan fingerprint density at radius 2 is 2.00 bits per heavy atom. The third-order valence-corrected chi connectivity index (χ3v) is 1.67. The number of rotatable bonds is 3. The van der Waals surface area contributed by atoms with Gasteiger partial charge in [-0.2, -0.15) is 0 Å². The molecule has 0 aromatic heterocycles. The third kappa shape index (κ3) is 2.81. The molecule has 3 heteroatoms. The molecule has 0 amide bonds. The largest absolute Gasteiger partial charge is 0.451 e. The molecular formula is C6H13O2P. The Morgan fingerprint density at radius 1 is 1.56 bits per heavy atom. The zero-order valence-electron chi connectivity index (χ0n) is 5.89. The predicted molar refractivity (Wildman–Crippen MR) is 39.9 cm³/mol. The Morgan fingerprint density at radius 3 is 2.11 bits per heavy atom. The van der Waals surface area contributed by atoms with E-state index < -0.39 is 0 Å². The van der Waals surface area contributed by atoms with E-state index >= 15 is 0 Å². The second-order valence-corrected chi connectivity index (χ2v) is 2.19. The van der Waals surface area contributed by atoms with Crippen molar-refractivity contribution in [2.24, 2.45) is 5.92 Å². The van der Waals surface area contributed by atoms with E-state index in [0.717, 1.165) is 12.8 Å². The number of carbonyl (C=O) groups excluding carboxylic acids is 1. The van der Waals surface area contributed by atoms with Gasteiger partial charge in [0.2, 0.25) is 0 Å². The van der Waals surface area contributed by atoms with Crippen LogP contribution < -0.4 is 0 Å². The lowest BCUT2D eigenvalue weighted by atomic mass is 10.0. The van der Waals surface area contributed by atoms with Crippen LogP contribution >= 0.6 is 9.47 Å². The van der Waals surface area contributed by atoms with Crippen LogP contribution in [0.15, 0.2) is 0 Å². The minimum Gasteiger partial charge on any atom is -0.451 e. The summed E-state index contributed by atoms with van der Waals surface area (Å²) < 4.78 is 4.47. The van der Waals surface area contributed by atoms with Gasteiger partial charge in [0.15, 0.2) is 0 Å². The lowest BCUT2D eigenvalue weighted by Gasteiger charge is -2.07. The molecular weight excluding hydrogens is 135 g/mol. The average Bonchev–Trinajstić information content (AvgIpc) is 1.90. The minimum atomic E-state index is -0.120. The normalized spacial score (nSPS) is 9.78. The van der Waals surface area contributed by atoms with Gasteiger partial charge in [0.1, 0.15) is 0 Å². The molecule has 0 spiro atoms. The van der Waals surface area contributed by atoms with E-state index in [-0.39, 0.29) is 11.9 Å². The zero-order chi connectivity index (χ0) is 7.28. The summed E-state index contributed by atoms with van der Waals surface area (Å²) in [5.74, 6) is -0.0347. The molecule has 0 radical (unpaired) electrons. The van der Waals surface area contributed by atoms with Gasteiger partial charge in [-0.05, 0) is 12.8 Å². The van der Waals surface area contributed by atoms with E-state index in [1.807, 2.05) is 23.3 Å². The van der Waals surface area contributed by atoms with E-state index in [9.17, 15) is 4.79 Å². The highest BCUT2D eigenvalue weighted by Crippen LogP contribution is 2.10. The van der Waals surface area contributed by atoms with Crippen molar-refractivity contribution in [1.29, 1.82) is 0 Å². The molecule has 0 fully saturated rings. The van der Waals surface area contributed by atoms with Crippen molar-refractivity contribution in [3.63, 3.8) is 0 Å². The standard InChI is InChI=1S/C6H13O2P/c1-3-5(4-2)6(7)8-9/h5H,3-4,9H2,1-2H3. The first-order chi connectivity index (χ1) is 4.26. The predicted octanol–water partition coefficient (Wildman–Crippen LogP) is 1.76. The first-order valence-electron chi connectivity index (χ1n) is 3.16. The third-order valence-electron chi connectivity index (χ3n) is 1.44. The summed E-state index contributed by atoms with van der Waals surface area (Å²) in [6, 6.07) is 0. The fourth-order valence-electron chi connectivity index (χ4n) is 0.718. The van der Waals surface area contributed by atoms with Gasteiger partial charge in [-0.1, -0.05) is 13.8 Å². The van der Waals surface area contributed by atoms with E-state index in [0.29, 0.717) is 0 Å². The molecule has 0 bridgehead atoms. The van der Waals surface area contributed by atoms with Crippen LogP contribution in [0.5, 0.6) is 0 Å². The summed E-state index contributed by atoms with van der Waals surface area (Å²) >= 11 is 0. The molecule has 0 aliphatic heterocycles.